The number of rotatable bonds is 3. The number of sulfone groups is 1. The van der Waals surface area contributed by atoms with Crippen molar-refractivity contribution in [3.05, 3.63) is 29.8 Å². The summed E-state index contributed by atoms with van der Waals surface area (Å²) in [6.45, 7) is 2.34. The Morgan fingerprint density at radius 1 is 1.11 bits per heavy atom. The van der Waals surface area contributed by atoms with Crippen LogP contribution >= 0.6 is 0 Å². The van der Waals surface area contributed by atoms with Crippen molar-refractivity contribution in [1.29, 1.82) is 0 Å². The van der Waals surface area contributed by atoms with Gasteiger partial charge in [-0.2, -0.15) is 0 Å². The Labute approximate surface area is 114 Å². The largest absolute Gasteiger partial charge is 0.399 e. The van der Waals surface area contributed by atoms with Crippen molar-refractivity contribution in [1.82, 2.24) is 4.90 Å². The van der Waals surface area contributed by atoms with Gasteiger partial charge >= 0.3 is 0 Å². The first-order valence-electron chi connectivity index (χ1n) is 6.78. The second kappa shape index (κ2) is 4.49. The Hall–Kier alpha value is -1.07. The van der Waals surface area contributed by atoms with Crippen molar-refractivity contribution in [2.75, 3.05) is 36.9 Å². The smallest absolute Gasteiger partial charge is 0.152 e. The molecule has 104 valence electrons. The highest BCUT2D eigenvalue weighted by Crippen LogP contribution is 2.48. The molecule has 3 rings (SSSR count). The second-order valence-electron chi connectivity index (χ2n) is 5.83. The third-order valence-corrected chi connectivity index (χ3v) is 5.95. The molecule has 0 aromatic heterocycles. The first-order chi connectivity index (χ1) is 8.99. The molecule has 1 aromatic rings. The van der Waals surface area contributed by atoms with E-state index in [1.807, 2.05) is 12.1 Å². The molecule has 1 heterocycles. The van der Waals surface area contributed by atoms with Crippen molar-refractivity contribution in [3.63, 3.8) is 0 Å². The maximum atomic E-state index is 11.4. The molecule has 1 aromatic carbocycles. The van der Waals surface area contributed by atoms with Crippen LogP contribution in [-0.2, 0) is 15.3 Å². The molecule has 0 amide bonds. The number of benzene rings is 1. The lowest BCUT2D eigenvalue weighted by atomic mass is 9.95. The van der Waals surface area contributed by atoms with Gasteiger partial charge in [0.15, 0.2) is 9.84 Å². The van der Waals surface area contributed by atoms with E-state index in [9.17, 15) is 8.42 Å². The number of nitrogens with two attached hydrogens (primary N) is 1. The summed E-state index contributed by atoms with van der Waals surface area (Å²) in [6.07, 6.45) is 2.39. The van der Waals surface area contributed by atoms with E-state index in [0.29, 0.717) is 24.6 Å². The summed E-state index contributed by atoms with van der Waals surface area (Å²) in [4.78, 5) is 2.30. The third kappa shape index (κ3) is 2.77. The van der Waals surface area contributed by atoms with Crippen LogP contribution in [-0.4, -0.2) is 44.5 Å². The molecule has 0 bridgehead atoms. The molecule has 2 N–H and O–H groups in total. The maximum Gasteiger partial charge on any atom is 0.152 e. The summed E-state index contributed by atoms with van der Waals surface area (Å²) in [5, 5.41) is 0. The van der Waals surface area contributed by atoms with E-state index < -0.39 is 9.84 Å². The van der Waals surface area contributed by atoms with E-state index in [2.05, 4.69) is 17.0 Å². The molecule has 0 unspecified atom stereocenters. The Morgan fingerprint density at radius 3 is 2.21 bits per heavy atom. The number of anilines is 1. The van der Waals surface area contributed by atoms with Crippen molar-refractivity contribution < 1.29 is 8.42 Å². The standard InChI is InChI=1S/C14H20N2O2S/c15-13-3-1-12(2-4-13)14(5-6-14)11-16-7-9-19(17,18)10-8-16/h1-4H,5-11,15H2. The van der Waals surface area contributed by atoms with Gasteiger partial charge in [-0.25, -0.2) is 8.42 Å². The van der Waals surface area contributed by atoms with Gasteiger partial charge in [-0.1, -0.05) is 12.1 Å². The molecule has 0 radical (unpaired) electrons. The summed E-state index contributed by atoms with van der Waals surface area (Å²) in [5.41, 5.74) is 8.11. The molecule has 2 aliphatic rings. The molecule has 4 nitrogen and oxygen atoms in total. The quantitative estimate of drug-likeness (QED) is 0.840. The lowest BCUT2D eigenvalue weighted by Gasteiger charge is -2.30. The SMILES string of the molecule is Nc1ccc(C2(CN3CCS(=O)(=O)CC3)CC2)cc1. The van der Waals surface area contributed by atoms with Crippen LogP contribution in [0.2, 0.25) is 0 Å². The molecule has 1 aliphatic heterocycles. The average Bonchev–Trinajstić information content (AvgIpc) is 3.14. The summed E-state index contributed by atoms with van der Waals surface area (Å²) in [7, 11) is -2.78. The third-order valence-electron chi connectivity index (χ3n) is 4.34. The van der Waals surface area contributed by atoms with E-state index in [0.717, 1.165) is 12.2 Å². The predicted molar refractivity (Wildman–Crippen MR) is 76.9 cm³/mol. The van der Waals surface area contributed by atoms with E-state index in [4.69, 9.17) is 5.73 Å². The number of nitrogens with zero attached hydrogens (tertiary/aromatic N) is 1. The predicted octanol–water partition coefficient (Wildman–Crippen LogP) is 1.03. The van der Waals surface area contributed by atoms with Crippen LogP contribution in [0.15, 0.2) is 24.3 Å². The first kappa shape index (κ1) is 12.9. The molecule has 5 heteroatoms. The van der Waals surface area contributed by atoms with Crippen LogP contribution in [0.5, 0.6) is 0 Å². The van der Waals surface area contributed by atoms with E-state index >= 15 is 0 Å². The van der Waals surface area contributed by atoms with Gasteiger partial charge in [0.25, 0.3) is 0 Å². The van der Waals surface area contributed by atoms with Gasteiger partial charge in [-0.3, -0.25) is 0 Å². The minimum Gasteiger partial charge on any atom is -0.399 e. The molecule has 1 aliphatic carbocycles. The zero-order valence-electron chi connectivity index (χ0n) is 11.0. The number of hydrogen-bond acceptors (Lipinski definition) is 4. The van der Waals surface area contributed by atoms with Gasteiger partial charge in [0.2, 0.25) is 0 Å². The van der Waals surface area contributed by atoms with Crippen LogP contribution in [0.1, 0.15) is 18.4 Å². The fraction of sp³-hybridized carbons (Fsp3) is 0.571. The second-order valence-corrected chi connectivity index (χ2v) is 8.13. The van der Waals surface area contributed by atoms with Gasteiger partial charge in [-0.15, -0.1) is 0 Å². The molecule has 0 spiro atoms. The van der Waals surface area contributed by atoms with Crippen molar-refractivity contribution in [3.8, 4) is 0 Å². The van der Waals surface area contributed by atoms with Gasteiger partial charge in [0.1, 0.15) is 0 Å². The Kier molecular flexibility index (Phi) is 3.06. The fourth-order valence-electron chi connectivity index (χ4n) is 2.86. The van der Waals surface area contributed by atoms with Crippen molar-refractivity contribution in [2.24, 2.45) is 0 Å². The topological polar surface area (TPSA) is 63.4 Å². The summed E-state index contributed by atoms with van der Waals surface area (Å²) in [6, 6.07) is 8.14. The first-order valence-corrected chi connectivity index (χ1v) is 8.60. The summed E-state index contributed by atoms with van der Waals surface area (Å²) >= 11 is 0. The summed E-state index contributed by atoms with van der Waals surface area (Å²) < 4.78 is 22.9. The van der Waals surface area contributed by atoms with E-state index in [1.165, 1.54) is 18.4 Å². The van der Waals surface area contributed by atoms with Gasteiger partial charge in [-0.05, 0) is 30.5 Å². The van der Waals surface area contributed by atoms with Crippen LogP contribution in [0.25, 0.3) is 0 Å². The Morgan fingerprint density at radius 2 is 1.68 bits per heavy atom. The number of nitrogen functional groups attached to an aromatic ring is 1. The van der Waals surface area contributed by atoms with Crippen LogP contribution in [0.4, 0.5) is 5.69 Å². The van der Waals surface area contributed by atoms with E-state index in [1.54, 1.807) is 0 Å². The molecular weight excluding hydrogens is 260 g/mol. The highest BCUT2D eigenvalue weighted by molar-refractivity contribution is 7.91. The zero-order valence-corrected chi connectivity index (χ0v) is 11.8. The molecule has 2 fully saturated rings. The molecule has 19 heavy (non-hydrogen) atoms. The molecule has 1 saturated carbocycles. The number of hydrogen-bond donors (Lipinski definition) is 1. The fourth-order valence-corrected chi connectivity index (χ4v) is 4.14. The Bertz CT molecular complexity index is 548. The lowest BCUT2D eigenvalue weighted by Crippen LogP contribution is -2.43. The molecule has 1 saturated heterocycles. The van der Waals surface area contributed by atoms with Crippen LogP contribution < -0.4 is 5.73 Å². The van der Waals surface area contributed by atoms with Gasteiger partial charge < -0.3 is 10.6 Å². The van der Waals surface area contributed by atoms with Gasteiger partial charge in [0.05, 0.1) is 11.5 Å². The highest BCUT2D eigenvalue weighted by atomic mass is 32.2. The monoisotopic (exact) mass is 280 g/mol. The minimum absolute atomic E-state index is 0.245. The zero-order chi connectivity index (χ0) is 13.5. The van der Waals surface area contributed by atoms with Gasteiger partial charge in [0, 0.05) is 30.7 Å². The molecule has 0 atom stereocenters. The van der Waals surface area contributed by atoms with E-state index in [-0.39, 0.29) is 5.41 Å². The molecular formula is C14H20N2O2S. The van der Waals surface area contributed by atoms with Crippen LogP contribution in [0, 0.1) is 0 Å². The maximum absolute atomic E-state index is 11.4. The lowest BCUT2D eigenvalue weighted by molar-refractivity contribution is 0.268. The Balaban J connectivity index is 1.68. The van der Waals surface area contributed by atoms with Crippen molar-refractivity contribution in [2.45, 2.75) is 18.3 Å². The average molecular weight is 280 g/mol. The van der Waals surface area contributed by atoms with Crippen molar-refractivity contribution >= 4 is 15.5 Å². The normalized spacial score (nSPS) is 25.1. The summed E-state index contributed by atoms with van der Waals surface area (Å²) in [5.74, 6) is 0.621. The highest BCUT2D eigenvalue weighted by Gasteiger charge is 2.45. The minimum atomic E-state index is -2.78. The van der Waals surface area contributed by atoms with Crippen LogP contribution in [0.3, 0.4) is 0 Å².